The first-order valence-electron chi connectivity index (χ1n) is 7.19. The predicted molar refractivity (Wildman–Crippen MR) is 92.8 cm³/mol. The molecule has 1 aliphatic rings. The van der Waals surface area contributed by atoms with Crippen LogP contribution in [0.4, 0.5) is 5.69 Å². The zero-order chi connectivity index (χ0) is 15.6. The van der Waals surface area contributed by atoms with Gasteiger partial charge in [0, 0.05) is 15.0 Å². The molecule has 1 aromatic carbocycles. The molecule has 1 N–H and O–H groups in total. The number of halogens is 2. The fourth-order valence-electron chi connectivity index (χ4n) is 2.93. The van der Waals surface area contributed by atoms with Crippen LogP contribution in [0.25, 0.3) is 0 Å². The smallest absolute Gasteiger partial charge is 0.340 e. The van der Waals surface area contributed by atoms with Crippen molar-refractivity contribution in [2.45, 2.75) is 45.6 Å². The standard InChI is InChI=1S/C16H21Br2NO2/c1-16(2)7-5-4-6-13(16)19-14-11(15(20)21-3)8-10(17)9-12(14)18/h8-9,13,19H,4-7H2,1-3H3. The second kappa shape index (κ2) is 6.69. The first kappa shape index (κ1) is 16.8. The van der Waals surface area contributed by atoms with Crippen LogP contribution in [0, 0.1) is 5.41 Å². The van der Waals surface area contributed by atoms with E-state index in [2.05, 4.69) is 51.0 Å². The summed E-state index contributed by atoms with van der Waals surface area (Å²) in [6, 6.07) is 4.10. The molecule has 0 amide bonds. The van der Waals surface area contributed by atoms with Gasteiger partial charge in [-0.25, -0.2) is 4.79 Å². The van der Waals surface area contributed by atoms with Crippen LogP contribution in [0.5, 0.6) is 0 Å². The molecule has 1 atom stereocenters. The van der Waals surface area contributed by atoms with Crippen molar-refractivity contribution in [2.24, 2.45) is 5.41 Å². The van der Waals surface area contributed by atoms with Crippen LogP contribution in [-0.4, -0.2) is 19.1 Å². The lowest BCUT2D eigenvalue weighted by Crippen LogP contribution is -2.39. The molecule has 1 aliphatic carbocycles. The molecule has 1 saturated carbocycles. The van der Waals surface area contributed by atoms with Crippen LogP contribution in [0.3, 0.4) is 0 Å². The van der Waals surface area contributed by atoms with Crippen LogP contribution in [0.2, 0.25) is 0 Å². The molecule has 0 spiro atoms. The quantitative estimate of drug-likeness (QED) is 0.669. The third kappa shape index (κ3) is 3.81. The molecule has 116 valence electrons. The zero-order valence-electron chi connectivity index (χ0n) is 12.6. The van der Waals surface area contributed by atoms with Crippen molar-refractivity contribution in [2.75, 3.05) is 12.4 Å². The molecular formula is C16H21Br2NO2. The number of carbonyl (C=O) groups excluding carboxylic acids is 1. The van der Waals surface area contributed by atoms with E-state index in [1.807, 2.05) is 6.07 Å². The first-order valence-corrected chi connectivity index (χ1v) is 8.77. The average Bonchev–Trinajstić information content (AvgIpc) is 2.42. The van der Waals surface area contributed by atoms with E-state index in [-0.39, 0.29) is 11.4 Å². The van der Waals surface area contributed by atoms with Crippen LogP contribution >= 0.6 is 31.9 Å². The van der Waals surface area contributed by atoms with Gasteiger partial charge < -0.3 is 10.1 Å². The highest BCUT2D eigenvalue weighted by Crippen LogP contribution is 2.40. The van der Waals surface area contributed by atoms with Crippen LogP contribution in [0.1, 0.15) is 49.9 Å². The van der Waals surface area contributed by atoms with Crippen LogP contribution in [0.15, 0.2) is 21.1 Å². The summed E-state index contributed by atoms with van der Waals surface area (Å²) in [6.07, 6.45) is 4.82. The maximum atomic E-state index is 12.0. The van der Waals surface area contributed by atoms with E-state index in [0.717, 1.165) is 21.1 Å². The Hall–Kier alpha value is -0.550. The minimum Gasteiger partial charge on any atom is -0.465 e. The summed E-state index contributed by atoms with van der Waals surface area (Å²) < 4.78 is 6.63. The Labute approximate surface area is 143 Å². The van der Waals surface area contributed by atoms with Gasteiger partial charge in [-0.05, 0) is 46.3 Å². The van der Waals surface area contributed by atoms with E-state index >= 15 is 0 Å². The number of nitrogens with one attached hydrogen (secondary N) is 1. The van der Waals surface area contributed by atoms with Gasteiger partial charge in [0.05, 0.1) is 18.4 Å². The van der Waals surface area contributed by atoms with Crippen molar-refractivity contribution in [3.05, 3.63) is 26.6 Å². The molecule has 3 nitrogen and oxygen atoms in total. The number of methoxy groups -OCH3 is 1. The first-order chi connectivity index (χ1) is 9.85. The van der Waals surface area contributed by atoms with Gasteiger partial charge >= 0.3 is 5.97 Å². The molecule has 0 bridgehead atoms. The largest absolute Gasteiger partial charge is 0.465 e. The van der Waals surface area contributed by atoms with Gasteiger partial charge in [0.25, 0.3) is 0 Å². The summed E-state index contributed by atoms with van der Waals surface area (Å²) in [7, 11) is 1.41. The minimum atomic E-state index is -0.326. The van der Waals surface area contributed by atoms with Crippen LogP contribution in [-0.2, 0) is 4.74 Å². The Kier molecular flexibility index (Phi) is 5.36. The number of esters is 1. The van der Waals surface area contributed by atoms with Crippen molar-refractivity contribution >= 4 is 43.5 Å². The lowest BCUT2D eigenvalue weighted by Gasteiger charge is -2.40. The molecule has 0 radical (unpaired) electrons. The third-order valence-electron chi connectivity index (χ3n) is 4.29. The molecule has 2 rings (SSSR count). The van der Waals surface area contributed by atoms with Gasteiger partial charge in [0.2, 0.25) is 0 Å². The minimum absolute atomic E-state index is 0.220. The Balaban J connectivity index is 2.36. The summed E-state index contributed by atoms with van der Waals surface area (Å²) >= 11 is 6.99. The Morgan fingerprint density at radius 2 is 2.05 bits per heavy atom. The molecule has 0 aromatic heterocycles. The van der Waals surface area contributed by atoms with E-state index in [4.69, 9.17) is 4.74 Å². The third-order valence-corrected chi connectivity index (χ3v) is 5.37. The van der Waals surface area contributed by atoms with E-state index in [1.165, 1.54) is 26.4 Å². The number of hydrogen-bond donors (Lipinski definition) is 1. The summed E-state index contributed by atoms with van der Waals surface area (Å²) in [5.74, 6) is -0.326. The van der Waals surface area contributed by atoms with Gasteiger partial charge in [-0.3, -0.25) is 0 Å². The highest BCUT2D eigenvalue weighted by molar-refractivity contribution is 9.11. The lowest BCUT2D eigenvalue weighted by atomic mass is 9.73. The molecule has 1 aromatic rings. The number of carbonyl (C=O) groups is 1. The van der Waals surface area contributed by atoms with E-state index in [0.29, 0.717) is 11.6 Å². The van der Waals surface area contributed by atoms with Gasteiger partial charge in [-0.1, -0.05) is 42.6 Å². The zero-order valence-corrected chi connectivity index (χ0v) is 15.8. The van der Waals surface area contributed by atoms with Gasteiger partial charge in [0.15, 0.2) is 0 Å². The maximum Gasteiger partial charge on any atom is 0.340 e. The average molecular weight is 419 g/mol. The van der Waals surface area contributed by atoms with E-state index in [1.54, 1.807) is 6.07 Å². The topological polar surface area (TPSA) is 38.3 Å². The van der Waals surface area contributed by atoms with Crippen molar-refractivity contribution in [1.29, 1.82) is 0 Å². The Bertz CT molecular complexity index is 543. The number of ether oxygens (including phenoxy) is 1. The molecular weight excluding hydrogens is 398 g/mol. The van der Waals surface area contributed by atoms with E-state index < -0.39 is 0 Å². The van der Waals surface area contributed by atoms with E-state index in [9.17, 15) is 4.79 Å². The van der Waals surface area contributed by atoms with Crippen molar-refractivity contribution in [3.8, 4) is 0 Å². The molecule has 1 unspecified atom stereocenters. The number of benzene rings is 1. The fourth-order valence-corrected chi connectivity index (χ4v) is 4.27. The molecule has 0 saturated heterocycles. The summed E-state index contributed by atoms with van der Waals surface area (Å²) in [5.41, 5.74) is 1.60. The molecule has 5 heteroatoms. The van der Waals surface area contributed by atoms with Gasteiger partial charge in [-0.15, -0.1) is 0 Å². The molecule has 0 heterocycles. The fraction of sp³-hybridized carbons (Fsp3) is 0.562. The summed E-state index contributed by atoms with van der Waals surface area (Å²) in [6.45, 7) is 4.57. The maximum absolute atomic E-state index is 12.0. The van der Waals surface area contributed by atoms with Crippen LogP contribution < -0.4 is 5.32 Å². The second-order valence-electron chi connectivity index (χ2n) is 6.23. The Morgan fingerprint density at radius 3 is 2.67 bits per heavy atom. The predicted octanol–water partition coefficient (Wildman–Crippen LogP) is 5.38. The van der Waals surface area contributed by atoms with Crippen molar-refractivity contribution in [3.63, 3.8) is 0 Å². The monoisotopic (exact) mass is 417 g/mol. The highest BCUT2D eigenvalue weighted by Gasteiger charge is 2.33. The number of rotatable bonds is 3. The number of anilines is 1. The summed E-state index contributed by atoms with van der Waals surface area (Å²) in [5, 5.41) is 3.58. The van der Waals surface area contributed by atoms with Gasteiger partial charge in [0.1, 0.15) is 0 Å². The molecule has 1 fully saturated rings. The normalized spacial score (nSPS) is 20.9. The second-order valence-corrected chi connectivity index (χ2v) is 8.00. The van der Waals surface area contributed by atoms with Crippen molar-refractivity contribution < 1.29 is 9.53 Å². The summed E-state index contributed by atoms with van der Waals surface area (Å²) in [4.78, 5) is 12.0. The number of hydrogen-bond acceptors (Lipinski definition) is 3. The Morgan fingerprint density at radius 1 is 1.33 bits per heavy atom. The molecule has 0 aliphatic heterocycles. The van der Waals surface area contributed by atoms with Crippen molar-refractivity contribution in [1.82, 2.24) is 0 Å². The highest BCUT2D eigenvalue weighted by atomic mass is 79.9. The lowest BCUT2D eigenvalue weighted by molar-refractivity contribution is 0.0601. The SMILES string of the molecule is COC(=O)c1cc(Br)cc(Br)c1NC1CCCCC1(C)C. The molecule has 21 heavy (non-hydrogen) atoms. The van der Waals surface area contributed by atoms with Gasteiger partial charge in [-0.2, -0.15) is 0 Å².